The highest BCUT2D eigenvalue weighted by atomic mass is 35.5. The van der Waals surface area contributed by atoms with Crippen LogP contribution >= 0.6 is 11.6 Å². The summed E-state index contributed by atoms with van der Waals surface area (Å²) in [7, 11) is 0. The smallest absolute Gasteiger partial charge is 0.0583 e. The fraction of sp³-hybridized carbons (Fsp3) is 0.182. The second-order valence-corrected chi connectivity index (χ2v) is 6.58. The predicted octanol–water partition coefficient (Wildman–Crippen LogP) is 6.06. The van der Waals surface area contributed by atoms with Crippen molar-refractivity contribution < 1.29 is 5.11 Å². The Hall–Kier alpha value is -2.09. The number of aliphatic hydroxyl groups is 1. The highest BCUT2D eigenvalue weighted by Gasteiger charge is 2.15. The van der Waals surface area contributed by atoms with Crippen molar-refractivity contribution in [2.45, 2.75) is 25.4 Å². The zero-order valence-electron chi connectivity index (χ0n) is 13.7. The van der Waals surface area contributed by atoms with Gasteiger partial charge in [0, 0.05) is 10.9 Å². The second kappa shape index (κ2) is 7.65. The summed E-state index contributed by atoms with van der Waals surface area (Å²) >= 11 is 5.95. The second-order valence-electron chi connectivity index (χ2n) is 6.14. The van der Waals surface area contributed by atoms with Gasteiger partial charge in [-0.3, -0.25) is 0 Å². The van der Waals surface area contributed by atoms with Crippen LogP contribution in [-0.4, -0.2) is 11.2 Å². The average molecular weight is 337 g/mol. The van der Waals surface area contributed by atoms with Gasteiger partial charge in [0.25, 0.3) is 0 Å². The summed E-state index contributed by atoms with van der Waals surface area (Å²) in [5.41, 5.74) is 2.28. The monoisotopic (exact) mass is 336 g/mol. The Morgan fingerprint density at radius 1 is 0.958 bits per heavy atom. The number of halogens is 1. The van der Waals surface area contributed by atoms with Gasteiger partial charge in [-0.25, -0.2) is 0 Å². The fourth-order valence-electron chi connectivity index (χ4n) is 2.98. The van der Waals surface area contributed by atoms with E-state index in [1.54, 1.807) is 0 Å². The minimum atomic E-state index is -0.410. The molecule has 0 aliphatic carbocycles. The van der Waals surface area contributed by atoms with Crippen molar-refractivity contribution in [3.63, 3.8) is 0 Å². The summed E-state index contributed by atoms with van der Waals surface area (Å²) < 4.78 is 0. The zero-order chi connectivity index (χ0) is 16.9. The molecule has 0 aliphatic heterocycles. The molecule has 0 bridgehead atoms. The normalized spacial score (nSPS) is 14.1. The topological polar surface area (TPSA) is 20.2 Å². The van der Waals surface area contributed by atoms with Crippen LogP contribution in [0, 0.1) is 0 Å². The minimum absolute atomic E-state index is 0.0685. The molecule has 2 heteroatoms. The summed E-state index contributed by atoms with van der Waals surface area (Å²) in [5.74, 6) is 0.0685. The summed E-state index contributed by atoms with van der Waals surface area (Å²) in [4.78, 5) is 0. The average Bonchev–Trinajstić information content (AvgIpc) is 2.59. The first-order valence-corrected chi connectivity index (χ1v) is 8.60. The van der Waals surface area contributed by atoms with E-state index in [4.69, 9.17) is 11.6 Å². The summed E-state index contributed by atoms with van der Waals surface area (Å²) in [6, 6.07) is 22.5. The largest absolute Gasteiger partial charge is 0.393 e. The van der Waals surface area contributed by atoms with Crippen LogP contribution in [0.2, 0.25) is 5.02 Å². The molecule has 0 saturated heterocycles. The molecule has 0 fully saturated rings. The van der Waals surface area contributed by atoms with Gasteiger partial charge in [0.05, 0.1) is 6.10 Å². The Balaban J connectivity index is 1.75. The van der Waals surface area contributed by atoms with Crippen LogP contribution in [-0.2, 0) is 0 Å². The Labute approximate surface area is 148 Å². The van der Waals surface area contributed by atoms with Gasteiger partial charge < -0.3 is 5.11 Å². The van der Waals surface area contributed by atoms with E-state index in [0.29, 0.717) is 0 Å². The van der Waals surface area contributed by atoms with Gasteiger partial charge in [-0.05, 0) is 53.4 Å². The molecule has 0 aliphatic rings. The number of benzene rings is 3. The Morgan fingerprint density at radius 3 is 2.38 bits per heavy atom. The molecule has 0 aromatic heterocycles. The Kier molecular flexibility index (Phi) is 5.34. The lowest BCUT2D eigenvalue weighted by Gasteiger charge is -2.18. The van der Waals surface area contributed by atoms with Gasteiger partial charge in [0.1, 0.15) is 0 Å². The molecule has 24 heavy (non-hydrogen) atoms. The quantitative estimate of drug-likeness (QED) is 0.600. The first-order valence-electron chi connectivity index (χ1n) is 8.22. The van der Waals surface area contributed by atoms with E-state index in [9.17, 15) is 5.11 Å². The molecular formula is C22H21ClO. The van der Waals surface area contributed by atoms with Crippen LogP contribution < -0.4 is 0 Å². The highest BCUT2D eigenvalue weighted by molar-refractivity contribution is 6.30. The number of hydrogen-bond donors (Lipinski definition) is 1. The number of hydrogen-bond acceptors (Lipinski definition) is 1. The molecule has 3 aromatic rings. The molecule has 0 unspecified atom stereocenters. The lowest BCUT2D eigenvalue weighted by atomic mass is 9.91. The third kappa shape index (κ3) is 4.05. The molecule has 2 atom stereocenters. The number of rotatable bonds is 5. The Bertz CT molecular complexity index is 834. The van der Waals surface area contributed by atoms with Gasteiger partial charge in [0.15, 0.2) is 0 Å². The molecule has 3 rings (SSSR count). The third-order valence-electron chi connectivity index (χ3n) is 4.35. The van der Waals surface area contributed by atoms with E-state index in [2.05, 4.69) is 54.6 Å². The maximum atomic E-state index is 10.1. The van der Waals surface area contributed by atoms with Gasteiger partial charge in [-0.15, -0.1) is 0 Å². The van der Waals surface area contributed by atoms with Crippen molar-refractivity contribution >= 4 is 28.4 Å². The third-order valence-corrected chi connectivity index (χ3v) is 4.61. The van der Waals surface area contributed by atoms with Crippen LogP contribution in [0.3, 0.4) is 0 Å². The molecule has 122 valence electrons. The van der Waals surface area contributed by atoms with Crippen molar-refractivity contribution in [2.24, 2.45) is 0 Å². The van der Waals surface area contributed by atoms with Crippen molar-refractivity contribution in [2.75, 3.05) is 0 Å². The van der Waals surface area contributed by atoms with E-state index in [1.165, 1.54) is 16.3 Å². The van der Waals surface area contributed by atoms with Crippen LogP contribution in [0.4, 0.5) is 0 Å². The number of fused-ring (bicyclic) bond motifs is 1. The number of aliphatic hydroxyl groups excluding tert-OH is 1. The summed E-state index contributed by atoms with van der Waals surface area (Å²) in [5, 5.41) is 13.3. The molecule has 3 aromatic carbocycles. The van der Waals surface area contributed by atoms with Crippen LogP contribution in [0.5, 0.6) is 0 Å². The van der Waals surface area contributed by atoms with Crippen LogP contribution in [0.15, 0.2) is 72.8 Å². The minimum Gasteiger partial charge on any atom is -0.393 e. The van der Waals surface area contributed by atoms with Crippen LogP contribution in [0.1, 0.15) is 30.4 Å². The molecule has 1 nitrogen and oxygen atoms in total. The standard InChI is InChI=1S/C22H21ClO/c1-16(24)22(19-11-13-21(23)14-12-19)8-4-5-17-9-10-18-6-2-3-7-20(18)15-17/h2-7,9-16,22,24H,8H2,1H3/t16-,22-/m0/s1. The van der Waals surface area contributed by atoms with Crippen LogP contribution in [0.25, 0.3) is 16.8 Å². The first-order chi connectivity index (χ1) is 11.6. The molecule has 1 N–H and O–H groups in total. The molecular weight excluding hydrogens is 316 g/mol. The molecule has 0 radical (unpaired) electrons. The zero-order valence-corrected chi connectivity index (χ0v) is 14.4. The summed E-state index contributed by atoms with van der Waals surface area (Å²) in [6.07, 6.45) is 4.63. The fourth-order valence-corrected chi connectivity index (χ4v) is 3.11. The SMILES string of the molecule is C[C@H](O)[C@H](CC=Cc1ccc2ccccc2c1)c1ccc(Cl)cc1. The van der Waals surface area contributed by atoms with E-state index >= 15 is 0 Å². The van der Waals surface area contributed by atoms with Gasteiger partial charge in [0.2, 0.25) is 0 Å². The van der Waals surface area contributed by atoms with Crippen molar-refractivity contribution in [1.82, 2.24) is 0 Å². The highest BCUT2D eigenvalue weighted by Crippen LogP contribution is 2.26. The molecule has 0 amide bonds. The van der Waals surface area contributed by atoms with Gasteiger partial charge in [-0.1, -0.05) is 72.3 Å². The maximum absolute atomic E-state index is 10.1. The van der Waals surface area contributed by atoms with Crippen molar-refractivity contribution in [3.05, 3.63) is 89.0 Å². The molecule has 0 spiro atoms. The van der Waals surface area contributed by atoms with E-state index in [1.807, 2.05) is 31.2 Å². The maximum Gasteiger partial charge on any atom is 0.0583 e. The van der Waals surface area contributed by atoms with Gasteiger partial charge >= 0.3 is 0 Å². The number of allylic oxidation sites excluding steroid dienone is 1. The van der Waals surface area contributed by atoms with Crippen molar-refractivity contribution in [1.29, 1.82) is 0 Å². The van der Waals surface area contributed by atoms with Crippen molar-refractivity contribution in [3.8, 4) is 0 Å². The lowest BCUT2D eigenvalue weighted by Crippen LogP contribution is -2.13. The summed E-state index contributed by atoms with van der Waals surface area (Å²) in [6.45, 7) is 1.84. The predicted molar refractivity (Wildman–Crippen MR) is 103 cm³/mol. The Morgan fingerprint density at radius 2 is 1.67 bits per heavy atom. The van der Waals surface area contributed by atoms with Gasteiger partial charge in [-0.2, -0.15) is 0 Å². The molecule has 0 heterocycles. The molecule has 0 saturated carbocycles. The lowest BCUT2D eigenvalue weighted by molar-refractivity contribution is 0.163. The van der Waals surface area contributed by atoms with E-state index in [0.717, 1.165) is 17.0 Å². The first kappa shape index (κ1) is 16.8. The van der Waals surface area contributed by atoms with E-state index < -0.39 is 6.10 Å². The van der Waals surface area contributed by atoms with E-state index in [-0.39, 0.29) is 5.92 Å².